The van der Waals surface area contributed by atoms with E-state index in [1.54, 1.807) is 49.6 Å². The summed E-state index contributed by atoms with van der Waals surface area (Å²) < 4.78 is 11.0. The van der Waals surface area contributed by atoms with Gasteiger partial charge in [-0.3, -0.25) is 9.78 Å². The van der Waals surface area contributed by atoms with Gasteiger partial charge < -0.3 is 9.47 Å². The second kappa shape index (κ2) is 11.0. The van der Waals surface area contributed by atoms with Crippen molar-refractivity contribution in [1.82, 2.24) is 9.97 Å². The Kier molecular flexibility index (Phi) is 7.55. The number of nitrogens with one attached hydrogen (secondary N) is 2. The van der Waals surface area contributed by atoms with Crippen molar-refractivity contribution in [2.75, 3.05) is 19.1 Å². The topological polar surface area (TPSA) is 136 Å². The molecule has 1 aromatic heterocycles. The number of nitrogens with zero attached hydrogens (tertiary/aromatic N) is 4. The zero-order valence-corrected chi connectivity index (χ0v) is 17.3. The first kappa shape index (κ1) is 22.1. The highest BCUT2D eigenvalue weighted by molar-refractivity contribution is 5.81. The Labute approximate surface area is 184 Å². The number of anilines is 1. The number of hydrazone groups is 1. The van der Waals surface area contributed by atoms with E-state index >= 15 is 0 Å². The molecule has 3 aromatic rings. The number of rotatable bonds is 9. The first-order valence-electron chi connectivity index (χ1n) is 9.73. The number of aromatic amines is 1. The highest BCUT2D eigenvalue weighted by Gasteiger charge is 2.13. The van der Waals surface area contributed by atoms with Gasteiger partial charge in [-0.15, -0.1) is 0 Å². The van der Waals surface area contributed by atoms with Gasteiger partial charge in [0.15, 0.2) is 11.5 Å². The van der Waals surface area contributed by atoms with Crippen LogP contribution in [0.1, 0.15) is 24.0 Å². The average Bonchev–Trinajstić information content (AvgIpc) is 2.82. The van der Waals surface area contributed by atoms with Crippen molar-refractivity contribution in [2.24, 2.45) is 5.10 Å². The third kappa shape index (κ3) is 5.49. The number of hydrogen-bond acceptors (Lipinski definition) is 8. The largest absolute Gasteiger partial charge is 0.493 e. The number of methoxy groups -OCH3 is 1. The van der Waals surface area contributed by atoms with Gasteiger partial charge in [-0.05, 0) is 30.2 Å². The predicted molar refractivity (Wildman–Crippen MR) is 120 cm³/mol. The van der Waals surface area contributed by atoms with Crippen LogP contribution in [0, 0.1) is 22.7 Å². The van der Waals surface area contributed by atoms with Gasteiger partial charge in [-0.1, -0.05) is 30.3 Å². The molecular weight excluding hydrogens is 408 g/mol. The molecule has 0 aliphatic heterocycles. The van der Waals surface area contributed by atoms with Crippen molar-refractivity contribution >= 4 is 12.2 Å². The SMILES string of the molecule is COc1ccc(C=NNc2nc(-c3ccccc3)c(C#N)c(=O)[nH]2)cc1OCCCC#N. The second-order valence-corrected chi connectivity index (χ2v) is 6.51. The summed E-state index contributed by atoms with van der Waals surface area (Å²) >= 11 is 0. The molecule has 0 unspecified atom stereocenters. The van der Waals surface area contributed by atoms with Crippen LogP contribution in [0.3, 0.4) is 0 Å². The molecule has 0 amide bonds. The number of ether oxygens (including phenoxy) is 2. The molecule has 2 N–H and O–H groups in total. The van der Waals surface area contributed by atoms with Gasteiger partial charge in [0.05, 0.1) is 31.7 Å². The molecule has 0 spiro atoms. The van der Waals surface area contributed by atoms with Gasteiger partial charge >= 0.3 is 0 Å². The van der Waals surface area contributed by atoms with E-state index < -0.39 is 5.56 Å². The van der Waals surface area contributed by atoms with Crippen LogP contribution in [0.15, 0.2) is 58.4 Å². The molecule has 9 heteroatoms. The van der Waals surface area contributed by atoms with Crippen LogP contribution in [-0.2, 0) is 0 Å². The summed E-state index contributed by atoms with van der Waals surface area (Å²) in [7, 11) is 1.55. The van der Waals surface area contributed by atoms with Gasteiger partial charge in [0.25, 0.3) is 5.56 Å². The highest BCUT2D eigenvalue weighted by Crippen LogP contribution is 2.27. The molecule has 0 aliphatic rings. The lowest BCUT2D eigenvalue weighted by Crippen LogP contribution is -2.16. The van der Waals surface area contributed by atoms with E-state index in [0.717, 1.165) is 0 Å². The monoisotopic (exact) mass is 428 g/mol. The summed E-state index contributed by atoms with van der Waals surface area (Å²) in [4.78, 5) is 19.1. The molecule has 1 heterocycles. The van der Waals surface area contributed by atoms with Gasteiger partial charge in [-0.2, -0.15) is 15.6 Å². The third-order valence-electron chi connectivity index (χ3n) is 4.34. The molecule has 0 fully saturated rings. The number of nitriles is 2. The molecule has 160 valence electrons. The lowest BCUT2D eigenvalue weighted by molar-refractivity contribution is 0.291. The summed E-state index contributed by atoms with van der Waals surface area (Å²) in [5, 5.41) is 22.1. The zero-order valence-electron chi connectivity index (χ0n) is 17.3. The van der Waals surface area contributed by atoms with Crippen LogP contribution in [0.5, 0.6) is 11.5 Å². The Morgan fingerprint density at radius 1 is 1.19 bits per heavy atom. The molecule has 0 atom stereocenters. The molecule has 0 saturated carbocycles. The Bertz CT molecular complexity index is 1240. The maximum absolute atomic E-state index is 12.3. The standard InChI is InChI=1S/C23H20N6O3/c1-31-19-10-9-16(13-20(19)32-12-6-5-11-24)15-26-29-23-27-21(17-7-3-2-4-8-17)18(14-25)22(30)28-23/h2-4,7-10,13,15H,5-6,12H2,1H3,(H2,27,28,29,30). The number of benzene rings is 2. The first-order valence-corrected chi connectivity index (χ1v) is 9.73. The van der Waals surface area contributed by atoms with Crippen LogP contribution in [0.2, 0.25) is 0 Å². The molecule has 2 aromatic carbocycles. The quantitative estimate of drug-likeness (QED) is 0.303. The fraction of sp³-hybridized carbons (Fsp3) is 0.174. The molecule has 0 aliphatic carbocycles. The molecule has 0 saturated heterocycles. The lowest BCUT2D eigenvalue weighted by Gasteiger charge is -2.10. The van der Waals surface area contributed by atoms with E-state index in [9.17, 15) is 10.1 Å². The minimum absolute atomic E-state index is 0.0703. The average molecular weight is 428 g/mol. The summed E-state index contributed by atoms with van der Waals surface area (Å²) in [6, 6.07) is 18.2. The maximum Gasteiger partial charge on any atom is 0.270 e. The van der Waals surface area contributed by atoms with Crippen molar-refractivity contribution in [3.63, 3.8) is 0 Å². The van der Waals surface area contributed by atoms with Gasteiger partial charge in [0.1, 0.15) is 11.6 Å². The zero-order chi connectivity index (χ0) is 22.8. The minimum Gasteiger partial charge on any atom is -0.493 e. The number of unbranched alkanes of at least 4 members (excludes halogenated alkanes) is 1. The molecule has 32 heavy (non-hydrogen) atoms. The number of H-pyrrole nitrogens is 1. The predicted octanol–water partition coefficient (Wildman–Crippen LogP) is 3.45. The van der Waals surface area contributed by atoms with Gasteiger partial charge in [0.2, 0.25) is 5.95 Å². The summed E-state index contributed by atoms with van der Waals surface area (Å²) in [6.45, 7) is 0.390. The Hall–Kier alpha value is -4.63. The molecule has 9 nitrogen and oxygen atoms in total. The van der Waals surface area contributed by atoms with Crippen LogP contribution in [0.25, 0.3) is 11.3 Å². The van der Waals surface area contributed by atoms with Crippen LogP contribution in [0.4, 0.5) is 5.95 Å². The van der Waals surface area contributed by atoms with E-state index in [1.165, 1.54) is 6.21 Å². The Morgan fingerprint density at radius 2 is 2.00 bits per heavy atom. The second-order valence-electron chi connectivity index (χ2n) is 6.51. The maximum atomic E-state index is 12.3. The summed E-state index contributed by atoms with van der Waals surface area (Å²) in [5.41, 5.74) is 3.69. The minimum atomic E-state index is -0.559. The van der Waals surface area contributed by atoms with E-state index in [1.807, 2.05) is 12.1 Å². The molecule has 3 rings (SSSR count). The lowest BCUT2D eigenvalue weighted by atomic mass is 10.1. The smallest absolute Gasteiger partial charge is 0.270 e. The first-order chi connectivity index (χ1) is 15.7. The van der Waals surface area contributed by atoms with Crippen molar-refractivity contribution in [3.8, 4) is 34.9 Å². The summed E-state index contributed by atoms with van der Waals surface area (Å²) in [5.74, 6) is 1.20. The van der Waals surface area contributed by atoms with Crippen molar-refractivity contribution in [2.45, 2.75) is 12.8 Å². The van der Waals surface area contributed by atoms with E-state index in [0.29, 0.717) is 42.1 Å². The number of hydrogen-bond donors (Lipinski definition) is 2. The molecule has 0 radical (unpaired) electrons. The van der Waals surface area contributed by atoms with E-state index in [2.05, 4.69) is 26.6 Å². The van der Waals surface area contributed by atoms with Crippen molar-refractivity contribution in [1.29, 1.82) is 10.5 Å². The van der Waals surface area contributed by atoms with Crippen molar-refractivity contribution in [3.05, 3.63) is 70.0 Å². The van der Waals surface area contributed by atoms with E-state index in [-0.39, 0.29) is 17.2 Å². The Morgan fingerprint density at radius 3 is 2.72 bits per heavy atom. The highest BCUT2D eigenvalue weighted by atomic mass is 16.5. The van der Waals surface area contributed by atoms with Crippen molar-refractivity contribution < 1.29 is 9.47 Å². The molecular formula is C23H20N6O3. The number of aromatic nitrogens is 2. The van der Waals surface area contributed by atoms with Crippen LogP contribution in [-0.4, -0.2) is 29.9 Å². The van der Waals surface area contributed by atoms with Crippen LogP contribution >= 0.6 is 0 Å². The van der Waals surface area contributed by atoms with Gasteiger partial charge in [-0.25, -0.2) is 10.4 Å². The van der Waals surface area contributed by atoms with E-state index in [4.69, 9.17) is 14.7 Å². The third-order valence-corrected chi connectivity index (χ3v) is 4.34. The normalized spacial score (nSPS) is 10.3. The summed E-state index contributed by atoms with van der Waals surface area (Å²) in [6.07, 6.45) is 2.55. The molecule has 0 bridgehead atoms. The van der Waals surface area contributed by atoms with Gasteiger partial charge in [0, 0.05) is 12.0 Å². The van der Waals surface area contributed by atoms with Crippen LogP contribution < -0.4 is 20.5 Å². The fourth-order valence-corrected chi connectivity index (χ4v) is 2.82. The fourth-order valence-electron chi connectivity index (χ4n) is 2.82. The Balaban J connectivity index is 1.79.